The molecule has 8 rings (SSSR count). The van der Waals surface area contributed by atoms with Gasteiger partial charge in [0.2, 0.25) is 0 Å². The van der Waals surface area contributed by atoms with Crippen LogP contribution in [0.2, 0.25) is 0 Å². The minimum Gasteiger partial charge on any atom is -0.394 e. The number of nitrogens with two attached hydrogens (primary N) is 10. The van der Waals surface area contributed by atoms with Gasteiger partial charge in [-0.25, -0.2) is 4.39 Å². The molecule has 8 aliphatic rings. The van der Waals surface area contributed by atoms with Gasteiger partial charge in [0.05, 0.1) is 43.6 Å². The zero-order chi connectivity index (χ0) is 60.3. The second-order valence-electron chi connectivity index (χ2n) is 22.0. The normalized spacial score (nSPS) is 53.0. The molecule has 6 aliphatic heterocycles. The van der Waals surface area contributed by atoms with Crippen LogP contribution >= 0.6 is 0 Å². The van der Waals surface area contributed by atoms with E-state index >= 15 is 0 Å². The van der Waals surface area contributed by atoms with Crippen molar-refractivity contribution in [1.29, 1.82) is 0 Å². The molecule has 6 heterocycles. The molecule has 8 fully saturated rings. The minimum absolute atomic E-state index is 0.0168. The molecule has 82 heavy (non-hydrogen) atoms. The van der Waals surface area contributed by atoms with Gasteiger partial charge < -0.3 is 181 Å². The zero-order valence-electron chi connectivity index (χ0n) is 44.7. The highest BCUT2D eigenvalue weighted by atomic mass is 19.1. The van der Waals surface area contributed by atoms with Crippen molar-refractivity contribution in [3.63, 3.8) is 0 Å². The van der Waals surface area contributed by atoms with Crippen molar-refractivity contribution in [3.05, 3.63) is 0 Å². The summed E-state index contributed by atoms with van der Waals surface area (Å²) in [6.45, 7) is -1.68. The molecule has 0 radical (unpaired) electrons. The second-order valence-corrected chi connectivity index (χ2v) is 22.0. The third-order valence-corrected chi connectivity index (χ3v) is 16.3. The van der Waals surface area contributed by atoms with Gasteiger partial charge in [-0.2, -0.15) is 0 Å². The van der Waals surface area contributed by atoms with Crippen LogP contribution in [-0.4, -0.2) is 326 Å². The van der Waals surface area contributed by atoms with E-state index < -0.39 is 228 Å². The Kier molecular flexibility index (Phi) is 24.6. The van der Waals surface area contributed by atoms with Crippen molar-refractivity contribution < 1.29 is 128 Å². The van der Waals surface area contributed by atoms with E-state index in [0.717, 1.165) is 0 Å². The first-order valence-electron chi connectivity index (χ1n) is 27.4. The summed E-state index contributed by atoms with van der Waals surface area (Å²) in [4.78, 5) is 0. The SMILES string of the molecule is NCC1CCC(O)C(OC2C(N)CC(N)C(O)C2OC2OC(CO)C(OC3OC(CN)C(O)C(O)C3N)C2O)O1.NCC1OC(OC2C(CO)OC(OC3C(O)C(N)CC(N)C3OC3OC(CN)C(O)C(F)C3O)C2O)C(N)C(O)C1O. The van der Waals surface area contributed by atoms with E-state index in [1.165, 1.54) is 0 Å². The lowest BCUT2D eigenvalue weighted by Gasteiger charge is -2.46. The lowest BCUT2D eigenvalue weighted by atomic mass is 9.84. The fourth-order valence-electron chi connectivity index (χ4n) is 11.3. The van der Waals surface area contributed by atoms with Crippen LogP contribution in [-0.2, 0) is 56.8 Å². The predicted octanol–water partition coefficient (Wildman–Crippen LogP) is -14.7. The Bertz CT molecular complexity index is 1940. The van der Waals surface area contributed by atoms with Crippen LogP contribution in [0.1, 0.15) is 25.7 Å². The maximum Gasteiger partial charge on any atom is 0.187 e. The quantitative estimate of drug-likeness (QED) is 0.0606. The Morgan fingerprint density at radius 3 is 1.10 bits per heavy atom. The topological polar surface area (TPSA) is 634 Å². The molecule has 36 unspecified atom stereocenters. The van der Waals surface area contributed by atoms with Crippen molar-refractivity contribution in [2.45, 2.75) is 246 Å². The Balaban J connectivity index is 0.000000236. The largest absolute Gasteiger partial charge is 0.394 e. The summed E-state index contributed by atoms with van der Waals surface area (Å²) in [5, 5.41) is 135. The lowest BCUT2D eigenvalue weighted by Crippen LogP contribution is -2.66. The van der Waals surface area contributed by atoms with Gasteiger partial charge >= 0.3 is 0 Å². The lowest BCUT2D eigenvalue weighted by molar-refractivity contribution is -0.323. The molecule has 0 aromatic heterocycles. The van der Waals surface area contributed by atoms with Gasteiger partial charge in [-0.05, 0) is 25.7 Å². The average Bonchev–Trinajstić information content (AvgIpc) is 4.02. The summed E-state index contributed by atoms with van der Waals surface area (Å²) in [6.07, 6.45) is -39.4. The highest BCUT2D eigenvalue weighted by Gasteiger charge is 2.57. The Morgan fingerprint density at radius 2 is 0.695 bits per heavy atom. The highest BCUT2D eigenvalue weighted by molar-refractivity contribution is 5.04. The molecule has 0 spiro atoms. The van der Waals surface area contributed by atoms with Crippen LogP contribution in [0.3, 0.4) is 0 Å². The summed E-state index contributed by atoms with van der Waals surface area (Å²) in [6, 6.07) is -5.89. The Hall–Kier alpha value is -1.47. The van der Waals surface area contributed by atoms with E-state index in [0.29, 0.717) is 12.8 Å². The molecule has 0 amide bonds. The molecule has 36 atom stereocenters. The van der Waals surface area contributed by atoms with Gasteiger partial charge in [0.1, 0.15) is 122 Å². The fourth-order valence-corrected chi connectivity index (χ4v) is 11.3. The van der Waals surface area contributed by atoms with Crippen LogP contribution in [0, 0.1) is 0 Å². The summed E-state index contributed by atoms with van der Waals surface area (Å²) in [5.74, 6) is 0. The molecule has 0 aromatic carbocycles. The highest BCUT2D eigenvalue weighted by Crippen LogP contribution is 2.37. The average molecular weight is 1200 g/mol. The van der Waals surface area contributed by atoms with Gasteiger partial charge in [0.25, 0.3) is 0 Å². The molecule has 36 heteroatoms. The molecule has 0 aromatic rings. The summed E-state index contributed by atoms with van der Waals surface area (Å²) in [7, 11) is 0. The van der Waals surface area contributed by atoms with Crippen molar-refractivity contribution in [2.75, 3.05) is 39.4 Å². The third kappa shape index (κ3) is 14.6. The van der Waals surface area contributed by atoms with Crippen LogP contribution in [0.5, 0.6) is 0 Å². The van der Waals surface area contributed by atoms with Gasteiger partial charge in [0, 0.05) is 50.3 Å². The van der Waals surface area contributed by atoms with Crippen LogP contribution in [0.4, 0.5) is 4.39 Å². The summed E-state index contributed by atoms with van der Waals surface area (Å²) < 4.78 is 83.5. The molecule has 35 nitrogen and oxygen atoms in total. The van der Waals surface area contributed by atoms with Gasteiger partial charge in [-0.15, -0.1) is 0 Å². The standard InChI is InChI=1S/C23H44FN5O13.C23H45N5O12/c24-10-13(32)7(2-25)38-22(15(10)34)40-18-6(28)1-5(27)12(31)20(18)42-23-17(36)19(9(4-30)39-23)41-21-11(29)16(35)14(33)8(3-26)37-21;24-4-7-1-2-10(30)21(35-7)38-18-9(27)3-8(26)14(31)20(18)40-23-17(34)19(12(6-29)37-23)39-22-13(28)16(33)15(32)11(5-25)36-22/h5-23,30-36H,1-4,25-29H2;7-23,29-34H,1-6,24-28H2. The van der Waals surface area contributed by atoms with E-state index in [2.05, 4.69) is 0 Å². The maximum absolute atomic E-state index is 14.6. The van der Waals surface area contributed by atoms with E-state index in [4.69, 9.17) is 114 Å². The summed E-state index contributed by atoms with van der Waals surface area (Å²) in [5.41, 5.74) is 59.1. The molecular formula is C46H89FN10O25. The third-order valence-electron chi connectivity index (χ3n) is 16.3. The van der Waals surface area contributed by atoms with Crippen molar-refractivity contribution in [1.82, 2.24) is 0 Å². The van der Waals surface area contributed by atoms with Gasteiger partial charge in [-0.1, -0.05) is 0 Å². The first kappa shape index (κ1) is 68.0. The van der Waals surface area contributed by atoms with Gasteiger partial charge in [-0.3, -0.25) is 0 Å². The van der Waals surface area contributed by atoms with Crippen molar-refractivity contribution in [2.24, 2.45) is 57.3 Å². The van der Waals surface area contributed by atoms with Crippen LogP contribution in [0.15, 0.2) is 0 Å². The fraction of sp³-hybridized carbons (Fsp3) is 1.00. The molecule has 2 saturated carbocycles. The van der Waals surface area contributed by atoms with E-state index in [1.54, 1.807) is 0 Å². The molecule has 0 bridgehead atoms. The second kappa shape index (κ2) is 29.7. The number of hydrogen-bond donors (Lipinski definition) is 23. The number of ether oxygens (including phenoxy) is 12. The molecule has 33 N–H and O–H groups in total. The van der Waals surface area contributed by atoms with Crippen molar-refractivity contribution in [3.8, 4) is 0 Å². The first-order chi connectivity index (χ1) is 38.8. The van der Waals surface area contributed by atoms with E-state index in [1.807, 2.05) is 0 Å². The number of aliphatic hydroxyl groups excluding tert-OH is 13. The Labute approximate surface area is 469 Å². The first-order valence-corrected chi connectivity index (χ1v) is 27.4. The molecule has 480 valence electrons. The van der Waals surface area contributed by atoms with Crippen molar-refractivity contribution >= 4 is 0 Å². The van der Waals surface area contributed by atoms with E-state index in [-0.39, 0.29) is 45.1 Å². The Morgan fingerprint density at radius 1 is 0.341 bits per heavy atom. The monoisotopic (exact) mass is 1200 g/mol. The van der Waals surface area contributed by atoms with Crippen LogP contribution < -0.4 is 57.3 Å². The smallest absolute Gasteiger partial charge is 0.187 e. The number of aliphatic hydroxyl groups is 13. The van der Waals surface area contributed by atoms with Crippen LogP contribution in [0.25, 0.3) is 0 Å². The van der Waals surface area contributed by atoms with Gasteiger partial charge in [0.15, 0.2) is 43.9 Å². The molecule has 6 saturated heterocycles. The molecule has 2 aliphatic carbocycles. The predicted molar refractivity (Wildman–Crippen MR) is 269 cm³/mol. The number of rotatable bonds is 18. The van der Waals surface area contributed by atoms with E-state index in [9.17, 15) is 70.8 Å². The number of halogens is 1. The maximum atomic E-state index is 14.6. The molecular weight excluding hydrogens is 1110 g/mol. The summed E-state index contributed by atoms with van der Waals surface area (Å²) >= 11 is 0. The zero-order valence-corrected chi connectivity index (χ0v) is 44.7. The minimum atomic E-state index is -2.17. The number of alkyl halides is 1. The number of hydrogen-bond acceptors (Lipinski definition) is 35.